The predicted molar refractivity (Wildman–Crippen MR) is 93.0 cm³/mol. The minimum Gasteiger partial charge on any atom is -0.306 e. The number of rotatable bonds is 5. The Labute approximate surface area is 143 Å². The molecule has 0 aliphatic carbocycles. The molecular formula is C19H25FN4. The maximum Gasteiger partial charge on any atom is 0.127 e. The zero-order valence-electron chi connectivity index (χ0n) is 14.4. The van der Waals surface area contributed by atoms with Crippen LogP contribution >= 0.6 is 0 Å². The molecule has 0 spiro atoms. The smallest absolute Gasteiger partial charge is 0.127 e. The molecule has 1 saturated heterocycles. The Morgan fingerprint density at radius 2 is 1.92 bits per heavy atom. The summed E-state index contributed by atoms with van der Waals surface area (Å²) in [6.45, 7) is 6.80. The zero-order valence-corrected chi connectivity index (χ0v) is 14.4. The van der Waals surface area contributed by atoms with E-state index < -0.39 is 0 Å². The molecule has 0 bridgehead atoms. The standard InChI is InChI=1S/C19H25FN4/c1-14-19(22-10-9-21-14)15(2)23-17-7-11-24(12-8-17)13-16-5-3-4-6-18(16)20/h3-6,9-10,15,17,23H,7-8,11-13H2,1-2H3/t15-/m1/s1. The minimum absolute atomic E-state index is 0.107. The molecule has 0 radical (unpaired) electrons. The molecule has 3 rings (SSSR count). The fourth-order valence-electron chi connectivity index (χ4n) is 3.40. The van der Waals surface area contributed by atoms with Crippen LogP contribution in [0.4, 0.5) is 4.39 Å². The zero-order chi connectivity index (χ0) is 16.9. The first-order valence-corrected chi connectivity index (χ1v) is 8.63. The van der Waals surface area contributed by atoms with Crippen molar-refractivity contribution in [3.05, 3.63) is 59.4 Å². The fraction of sp³-hybridized carbons (Fsp3) is 0.474. The fourth-order valence-corrected chi connectivity index (χ4v) is 3.40. The third-order valence-electron chi connectivity index (χ3n) is 4.75. The molecule has 0 saturated carbocycles. The van der Waals surface area contributed by atoms with Gasteiger partial charge in [-0.1, -0.05) is 18.2 Å². The van der Waals surface area contributed by atoms with Crippen LogP contribution < -0.4 is 5.32 Å². The van der Waals surface area contributed by atoms with Crippen molar-refractivity contribution in [2.45, 2.75) is 45.3 Å². The monoisotopic (exact) mass is 328 g/mol. The summed E-state index contributed by atoms with van der Waals surface area (Å²) >= 11 is 0. The van der Waals surface area contributed by atoms with Gasteiger partial charge in [0, 0.05) is 36.6 Å². The molecule has 1 atom stereocenters. The lowest BCUT2D eigenvalue weighted by atomic mass is 10.0. The maximum absolute atomic E-state index is 13.8. The van der Waals surface area contributed by atoms with E-state index in [1.54, 1.807) is 18.5 Å². The summed E-state index contributed by atoms with van der Waals surface area (Å²) in [4.78, 5) is 11.1. The van der Waals surface area contributed by atoms with Gasteiger partial charge in [-0.05, 0) is 45.8 Å². The van der Waals surface area contributed by atoms with Gasteiger partial charge in [0.25, 0.3) is 0 Å². The molecule has 24 heavy (non-hydrogen) atoms. The molecule has 1 aliphatic heterocycles. The predicted octanol–water partition coefficient (Wildman–Crippen LogP) is 3.24. The van der Waals surface area contributed by atoms with Gasteiger partial charge in [0.2, 0.25) is 0 Å². The highest BCUT2D eigenvalue weighted by atomic mass is 19.1. The van der Waals surface area contributed by atoms with Crippen LogP contribution in [0.1, 0.15) is 42.8 Å². The lowest BCUT2D eigenvalue weighted by Crippen LogP contribution is -2.43. The Bertz CT molecular complexity index is 668. The van der Waals surface area contributed by atoms with Crippen LogP contribution in [0.5, 0.6) is 0 Å². The van der Waals surface area contributed by atoms with Crippen molar-refractivity contribution >= 4 is 0 Å². The van der Waals surface area contributed by atoms with E-state index in [-0.39, 0.29) is 11.9 Å². The molecule has 5 heteroatoms. The highest BCUT2D eigenvalue weighted by Gasteiger charge is 2.22. The first-order valence-electron chi connectivity index (χ1n) is 8.63. The van der Waals surface area contributed by atoms with E-state index >= 15 is 0 Å². The Morgan fingerprint density at radius 1 is 1.21 bits per heavy atom. The summed E-state index contributed by atoms with van der Waals surface area (Å²) in [7, 11) is 0. The minimum atomic E-state index is -0.107. The van der Waals surface area contributed by atoms with Crippen LogP contribution in [0.25, 0.3) is 0 Å². The Balaban J connectivity index is 1.50. The molecule has 1 N–H and O–H groups in total. The second kappa shape index (κ2) is 7.81. The molecular weight excluding hydrogens is 303 g/mol. The van der Waals surface area contributed by atoms with Crippen LogP contribution in [-0.4, -0.2) is 34.0 Å². The quantitative estimate of drug-likeness (QED) is 0.915. The van der Waals surface area contributed by atoms with Gasteiger partial charge in [-0.25, -0.2) is 4.39 Å². The van der Waals surface area contributed by atoms with E-state index in [1.807, 2.05) is 19.1 Å². The summed E-state index contributed by atoms with van der Waals surface area (Å²) in [5.41, 5.74) is 2.79. The Kier molecular flexibility index (Phi) is 5.53. The summed E-state index contributed by atoms with van der Waals surface area (Å²) in [6.07, 6.45) is 5.61. The summed E-state index contributed by atoms with van der Waals surface area (Å²) in [5.74, 6) is -0.107. The lowest BCUT2D eigenvalue weighted by Gasteiger charge is -2.34. The van der Waals surface area contributed by atoms with Gasteiger partial charge in [-0.2, -0.15) is 0 Å². The third kappa shape index (κ3) is 4.16. The summed E-state index contributed by atoms with van der Waals surface area (Å²) in [6, 6.07) is 7.72. The summed E-state index contributed by atoms with van der Waals surface area (Å²) in [5, 5.41) is 3.67. The maximum atomic E-state index is 13.8. The van der Waals surface area contributed by atoms with Gasteiger partial charge in [0.15, 0.2) is 0 Å². The number of nitrogens with zero attached hydrogens (tertiary/aromatic N) is 3. The second-order valence-electron chi connectivity index (χ2n) is 6.56. The van der Waals surface area contributed by atoms with Crippen molar-refractivity contribution in [2.24, 2.45) is 0 Å². The third-order valence-corrected chi connectivity index (χ3v) is 4.75. The number of nitrogens with one attached hydrogen (secondary N) is 1. The van der Waals surface area contributed by atoms with Gasteiger partial charge in [0.05, 0.1) is 11.4 Å². The number of aromatic nitrogens is 2. The van der Waals surface area contributed by atoms with E-state index in [0.29, 0.717) is 12.6 Å². The molecule has 4 nitrogen and oxygen atoms in total. The first kappa shape index (κ1) is 17.0. The number of benzene rings is 1. The highest BCUT2D eigenvalue weighted by Crippen LogP contribution is 2.19. The molecule has 128 valence electrons. The van der Waals surface area contributed by atoms with Crippen molar-refractivity contribution in [3.8, 4) is 0 Å². The van der Waals surface area contributed by atoms with Crippen molar-refractivity contribution < 1.29 is 4.39 Å². The average molecular weight is 328 g/mol. The molecule has 1 aromatic carbocycles. The van der Waals surface area contributed by atoms with Crippen LogP contribution in [0.15, 0.2) is 36.7 Å². The van der Waals surface area contributed by atoms with Gasteiger partial charge < -0.3 is 5.32 Å². The van der Waals surface area contributed by atoms with Crippen LogP contribution in [0, 0.1) is 12.7 Å². The van der Waals surface area contributed by atoms with E-state index in [2.05, 4.69) is 27.1 Å². The van der Waals surface area contributed by atoms with Crippen LogP contribution in [-0.2, 0) is 6.54 Å². The van der Waals surface area contributed by atoms with Gasteiger partial charge >= 0.3 is 0 Å². The normalized spacial score (nSPS) is 17.8. The highest BCUT2D eigenvalue weighted by molar-refractivity contribution is 5.17. The summed E-state index contributed by atoms with van der Waals surface area (Å²) < 4.78 is 13.8. The number of hydrogen-bond donors (Lipinski definition) is 1. The van der Waals surface area contributed by atoms with E-state index in [1.165, 1.54) is 6.07 Å². The molecule has 0 unspecified atom stereocenters. The molecule has 2 heterocycles. The first-order chi connectivity index (χ1) is 11.6. The van der Waals surface area contributed by atoms with Crippen molar-refractivity contribution in [2.75, 3.05) is 13.1 Å². The Hall–Kier alpha value is -1.85. The Morgan fingerprint density at radius 3 is 2.62 bits per heavy atom. The largest absolute Gasteiger partial charge is 0.306 e. The van der Waals surface area contributed by atoms with Crippen LogP contribution in [0.3, 0.4) is 0 Å². The van der Waals surface area contributed by atoms with Crippen molar-refractivity contribution in [3.63, 3.8) is 0 Å². The molecule has 2 aromatic rings. The van der Waals surface area contributed by atoms with E-state index in [0.717, 1.165) is 42.9 Å². The SMILES string of the molecule is Cc1nccnc1[C@@H](C)NC1CCN(Cc2ccccc2F)CC1. The van der Waals surface area contributed by atoms with Crippen LogP contribution in [0.2, 0.25) is 0 Å². The lowest BCUT2D eigenvalue weighted by molar-refractivity contribution is 0.183. The molecule has 1 aliphatic rings. The number of halogens is 1. The number of aryl methyl sites for hydroxylation is 1. The van der Waals surface area contributed by atoms with Crippen molar-refractivity contribution in [1.82, 2.24) is 20.2 Å². The topological polar surface area (TPSA) is 41.1 Å². The number of piperidine rings is 1. The molecule has 0 amide bonds. The molecule has 1 aromatic heterocycles. The van der Waals surface area contributed by atoms with E-state index in [4.69, 9.17) is 0 Å². The second-order valence-corrected chi connectivity index (χ2v) is 6.56. The number of hydrogen-bond acceptors (Lipinski definition) is 4. The van der Waals surface area contributed by atoms with Gasteiger partial charge in [-0.15, -0.1) is 0 Å². The number of likely N-dealkylation sites (tertiary alicyclic amines) is 1. The van der Waals surface area contributed by atoms with Gasteiger partial charge in [-0.3, -0.25) is 14.9 Å². The van der Waals surface area contributed by atoms with E-state index in [9.17, 15) is 4.39 Å². The van der Waals surface area contributed by atoms with Gasteiger partial charge in [0.1, 0.15) is 5.82 Å². The average Bonchev–Trinajstić information content (AvgIpc) is 2.59. The molecule has 1 fully saturated rings. The van der Waals surface area contributed by atoms with Crippen molar-refractivity contribution in [1.29, 1.82) is 0 Å².